The van der Waals surface area contributed by atoms with Crippen molar-refractivity contribution >= 4 is 5.91 Å². The molecule has 0 aromatic rings. The molecule has 98 valence electrons. The number of piperidine rings is 1. The molecule has 0 saturated carbocycles. The maximum Gasteiger partial charge on any atom is 0.234 e. The fourth-order valence-electron chi connectivity index (χ4n) is 2.25. The zero-order valence-electron chi connectivity index (χ0n) is 10.9. The predicted octanol–water partition coefficient (Wildman–Crippen LogP) is 0.610. The van der Waals surface area contributed by atoms with Gasteiger partial charge < -0.3 is 10.6 Å². The summed E-state index contributed by atoms with van der Waals surface area (Å²) in [5, 5.41) is 6.21. The minimum Gasteiger partial charge on any atom is -0.352 e. The van der Waals surface area contributed by atoms with E-state index < -0.39 is 0 Å². The van der Waals surface area contributed by atoms with Gasteiger partial charge in [-0.25, -0.2) is 0 Å². The van der Waals surface area contributed by atoms with Crippen molar-refractivity contribution in [2.24, 2.45) is 5.92 Å². The normalized spacial score (nSPS) is 21.1. The quantitative estimate of drug-likeness (QED) is 0.640. The molecular weight excluding hydrogens is 214 g/mol. The summed E-state index contributed by atoms with van der Waals surface area (Å²) >= 11 is 0. The van der Waals surface area contributed by atoms with E-state index in [2.05, 4.69) is 29.0 Å². The summed E-state index contributed by atoms with van der Waals surface area (Å²) in [5.74, 6) is 0.796. The Balaban J connectivity index is 2.23. The highest BCUT2D eigenvalue weighted by Crippen LogP contribution is 2.15. The Bertz CT molecular complexity index is 243. The number of nitrogens with one attached hydrogen (secondary N) is 2. The molecular formula is C13H25N3O. The summed E-state index contributed by atoms with van der Waals surface area (Å²) in [6.07, 6.45) is 4.19. The highest BCUT2D eigenvalue weighted by molar-refractivity contribution is 5.78. The molecule has 4 heteroatoms. The van der Waals surface area contributed by atoms with Crippen LogP contribution in [-0.4, -0.2) is 50.1 Å². The second-order valence-corrected chi connectivity index (χ2v) is 4.64. The van der Waals surface area contributed by atoms with E-state index in [-0.39, 0.29) is 5.91 Å². The summed E-state index contributed by atoms with van der Waals surface area (Å²) in [7, 11) is 0. The molecule has 1 atom stereocenters. The summed E-state index contributed by atoms with van der Waals surface area (Å²) in [6.45, 7) is 11.0. The monoisotopic (exact) mass is 239 g/mol. The molecule has 0 bridgehead atoms. The van der Waals surface area contributed by atoms with Crippen LogP contribution in [0, 0.1) is 5.92 Å². The van der Waals surface area contributed by atoms with Gasteiger partial charge in [-0.15, -0.1) is 6.58 Å². The Kier molecular flexibility index (Phi) is 6.89. The van der Waals surface area contributed by atoms with Gasteiger partial charge in [0.2, 0.25) is 5.91 Å². The molecule has 1 unspecified atom stereocenters. The maximum atomic E-state index is 11.6. The van der Waals surface area contributed by atoms with Crippen LogP contribution in [0.25, 0.3) is 0 Å². The van der Waals surface area contributed by atoms with Crippen molar-refractivity contribution < 1.29 is 4.79 Å². The number of likely N-dealkylation sites (tertiary alicyclic amines) is 1. The van der Waals surface area contributed by atoms with Gasteiger partial charge in [-0.05, 0) is 38.4 Å². The van der Waals surface area contributed by atoms with Gasteiger partial charge in [-0.2, -0.15) is 0 Å². The molecule has 1 saturated heterocycles. The molecule has 2 N–H and O–H groups in total. The van der Waals surface area contributed by atoms with E-state index in [9.17, 15) is 4.79 Å². The number of amides is 1. The van der Waals surface area contributed by atoms with Crippen LogP contribution in [0.4, 0.5) is 0 Å². The number of carbonyl (C=O) groups is 1. The van der Waals surface area contributed by atoms with Crippen molar-refractivity contribution in [1.29, 1.82) is 0 Å². The molecule has 0 spiro atoms. The highest BCUT2D eigenvalue weighted by Gasteiger charge is 2.20. The lowest BCUT2D eigenvalue weighted by Crippen LogP contribution is -2.44. The third kappa shape index (κ3) is 5.84. The Labute approximate surface area is 104 Å². The van der Waals surface area contributed by atoms with E-state index in [0.717, 1.165) is 26.2 Å². The Morgan fingerprint density at radius 1 is 1.59 bits per heavy atom. The van der Waals surface area contributed by atoms with Crippen LogP contribution < -0.4 is 10.6 Å². The first-order valence-electron chi connectivity index (χ1n) is 6.57. The van der Waals surface area contributed by atoms with Gasteiger partial charge in [0.1, 0.15) is 0 Å². The predicted molar refractivity (Wildman–Crippen MR) is 70.9 cm³/mol. The topological polar surface area (TPSA) is 44.4 Å². The third-order valence-corrected chi connectivity index (χ3v) is 3.10. The Morgan fingerprint density at radius 2 is 2.41 bits per heavy atom. The average molecular weight is 239 g/mol. The van der Waals surface area contributed by atoms with Crippen molar-refractivity contribution in [3.63, 3.8) is 0 Å². The molecule has 1 fully saturated rings. The van der Waals surface area contributed by atoms with E-state index in [1.54, 1.807) is 6.08 Å². The lowest BCUT2D eigenvalue weighted by atomic mass is 9.98. The van der Waals surface area contributed by atoms with Crippen LogP contribution in [0.2, 0.25) is 0 Å². The molecule has 0 radical (unpaired) electrons. The fourth-order valence-corrected chi connectivity index (χ4v) is 2.25. The van der Waals surface area contributed by atoms with Crippen LogP contribution in [0.5, 0.6) is 0 Å². The lowest BCUT2D eigenvalue weighted by Gasteiger charge is -2.32. The van der Waals surface area contributed by atoms with Crippen molar-refractivity contribution in [1.82, 2.24) is 15.5 Å². The Hall–Kier alpha value is -0.870. The second-order valence-electron chi connectivity index (χ2n) is 4.64. The van der Waals surface area contributed by atoms with Gasteiger partial charge in [-0.3, -0.25) is 9.69 Å². The molecule has 0 aliphatic carbocycles. The first-order chi connectivity index (χ1) is 8.26. The van der Waals surface area contributed by atoms with Crippen LogP contribution in [0.3, 0.4) is 0 Å². The average Bonchev–Trinajstić information content (AvgIpc) is 2.34. The highest BCUT2D eigenvalue weighted by atomic mass is 16.2. The van der Waals surface area contributed by atoms with Crippen LogP contribution in [0.1, 0.15) is 19.8 Å². The number of nitrogens with zero attached hydrogens (tertiary/aromatic N) is 1. The summed E-state index contributed by atoms with van der Waals surface area (Å²) in [5.41, 5.74) is 0. The minimum absolute atomic E-state index is 0.106. The molecule has 1 rings (SSSR count). The standard InChI is InChI=1S/C13H25N3O/c1-3-7-15-13(17)11-16-8-5-6-12(10-16)9-14-4-2/h3,12,14H,1,4-11H2,2H3,(H,15,17). The molecule has 1 aliphatic heterocycles. The third-order valence-electron chi connectivity index (χ3n) is 3.10. The van der Waals surface area contributed by atoms with Crippen molar-refractivity contribution in [3.8, 4) is 0 Å². The van der Waals surface area contributed by atoms with Gasteiger partial charge in [0.25, 0.3) is 0 Å². The van der Waals surface area contributed by atoms with Gasteiger partial charge in [0.05, 0.1) is 6.54 Å². The zero-order chi connectivity index (χ0) is 12.5. The molecule has 1 amide bonds. The first kappa shape index (κ1) is 14.2. The van der Waals surface area contributed by atoms with E-state index in [1.165, 1.54) is 12.8 Å². The minimum atomic E-state index is 0.106. The number of rotatable bonds is 7. The number of carbonyl (C=O) groups excluding carboxylic acids is 1. The lowest BCUT2D eigenvalue weighted by molar-refractivity contribution is -0.122. The van der Waals surface area contributed by atoms with E-state index in [1.807, 2.05) is 0 Å². The van der Waals surface area contributed by atoms with Gasteiger partial charge >= 0.3 is 0 Å². The van der Waals surface area contributed by atoms with Gasteiger partial charge in [-0.1, -0.05) is 13.0 Å². The molecule has 4 nitrogen and oxygen atoms in total. The van der Waals surface area contributed by atoms with Crippen molar-refractivity contribution in [2.45, 2.75) is 19.8 Å². The van der Waals surface area contributed by atoms with Crippen LogP contribution >= 0.6 is 0 Å². The van der Waals surface area contributed by atoms with E-state index in [0.29, 0.717) is 19.0 Å². The fraction of sp³-hybridized carbons (Fsp3) is 0.769. The summed E-state index contributed by atoms with van der Waals surface area (Å²) < 4.78 is 0. The van der Waals surface area contributed by atoms with E-state index in [4.69, 9.17) is 0 Å². The smallest absolute Gasteiger partial charge is 0.234 e. The largest absolute Gasteiger partial charge is 0.352 e. The zero-order valence-corrected chi connectivity index (χ0v) is 10.9. The van der Waals surface area contributed by atoms with Gasteiger partial charge in [0, 0.05) is 13.1 Å². The van der Waals surface area contributed by atoms with Gasteiger partial charge in [0.15, 0.2) is 0 Å². The number of hydrogen-bond acceptors (Lipinski definition) is 3. The summed E-state index contributed by atoms with van der Waals surface area (Å²) in [6, 6.07) is 0. The van der Waals surface area contributed by atoms with Crippen molar-refractivity contribution in [3.05, 3.63) is 12.7 Å². The SMILES string of the molecule is C=CCNC(=O)CN1CCCC(CNCC)C1. The molecule has 1 aliphatic rings. The molecule has 1 heterocycles. The molecule has 0 aromatic heterocycles. The maximum absolute atomic E-state index is 11.6. The summed E-state index contributed by atoms with van der Waals surface area (Å²) in [4.78, 5) is 13.8. The second kappa shape index (κ2) is 8.25. The first-order valence-corrected chi connectivity index (χ1v) is 6.57. The van der Waals surface area contributed by atoms with E-state index >= 15 is 0 Å². The number of hydrogen-bond donors (Lipinski definition) is 2. The van der Waals surface area contributed by atoms with Crippen molar-refractivity contribution in [2.75, 3.05) is 39.3 Å². The Morgan fingerprint density at radius 3 is 3.12 bits per heavy atom. The van der Waals surface area contributed by atoms with Crippen LogP contribution in [-0.2, 0) is 4.79 Å². The van der Waals surface area contributed by atoms with Crippen LogP contribution in [0.15, 0.2) is 12.7 Å². The molecule has 0 aromatic carbocycles. The molecule has 17 heavy (non-hydrogen) atoms.